The molecule has 2 aromatic carbocycles. The zero-order chi connectivity index (χ0) is 21.1. The number of phenols is 1. The Hall–Kier alpha value is -1.76. The predicted molar refractivity (Wildman–Crippen MR) is 127 cm³/mol. The molecule has 0 amide bonds. The molecular formula is C28H42O. The molecule has 0 aliphatic carbocycles. The van der Waals surface area contributed by atoms with Gasteiger partial charge in [0.25, 0.3) is 0 Å². The van der Waals surface area contributed by atoms with E-state index in [-0.39, 0.29) is 0 Å². The van der Waals surface area contributed by atoms with Crippen molar-refractivity contribution in [3.8, 4) is 5.75 Å². The Morgan fingerprint density at radius 2 is 1.24 bits per heavy atom. The largest absolute Gasteiger partial charge is 0.508 e. The standard InChI is InChI=1S/C28H42O/c1-5-7-9-11-16-24-17-15-20-25(27(24)19-12-10-8-6-2)22(3)23(4)26-18-13-14-21-28(26)29/h13-15,17-18,20-23,29H,5-12,16,19H2,1-4H3. The molecule has 0 fully saturated rings. The topological polar surface area (TPSA) is 20.2 Å². The molecule has 29 heavy (non-hydrogen) atoms. The average molecular weight is 395 g/mol. The minimum atomic E-state index is 0.293. The van der Waals surface area contributed by atoms with Crippen LogP contribution < -0.4 is 0 Å². The van der Waals surface area contributed by atoms with Crippen LogP contribution in [0.3, 0.4) is 0 Å². The molecule has 0 aliphatic heterocycles. The van der Waals surface area contributed by atoms with E-state index in [9.17, 15) is 5.11 Å². The summed E-state index contributed by atoms with van der Waals surface area (Å²) in [6, 6.07) is 14.8. The quantitative estimate of drug-likeness (QED) is 0.337. The van der Waals surface area contributed by atoms with E-state index in [1.54, 1.807) is 11.1 Å². The van der Waals surface area contributed by atoms with Crippen LogP contribution in [0, 0.1) is 0 Å². The maximum Gasteiger partial charge on any atom is 0.119 e. The fourth-order valence-electron chi connectivity index (χ4n) is 4.50. The fourth-order valence-corrected chi connectivity index (χ4v) is 4.50. The molecule has 0 spiro atoms. The van der Waals surface area contributed by atoms with Gasteiger partial charge in [0, 0.05) is 0 Å². The van der Waals surface area contributed by atoms with Gasteiger partial charge in [-0.3, -0.25) is 0 Å². The Morgan fingerprint density at radius 3 is 1.90 bits per heavy atom. The second-order valence-corrected chi connectivity index (χ2v) is 8.74. The molecule has 2 rings (SSSR count). The lowest BCUT2D eigenvalue weighted by Gasteiger charge is -2.26. The molecular weight excluding hydrogens is 352 g/mol. The number of aromatic hydroxyl groups is 1. The molecule has 160 valence electrons. The minimum Gasteiger partial charge on any atom is -0.508 e. The summed E-state index contributed by atoms with van der Waals surface area (Å²) in [6.45, 7) is 9.16. The molecule has 2 atom stereocenters. The van der Waals surface area contributed by atoms with Crippen LogP contribution in [-0.2, 0) is 12.8 Å². The van der Waals surface area contributed by atoms with Gasteiger partial charge in [0.2, 0.25) is 0 Å². The van der Waals surface area contributed by atoms with Gasteiger partial charge in [-0.15, -0.1) is 0 Å². The van der Waals surface area contributed by atoms with E-state index in [0.29, 0.717) is 17.6 Å². The Bertz CT molecular complexity index is 718. The molecule has 1 N–H and O–H groups in total. The average Bonchev–Trinajstić information content (AvgIpc) is 2.74. The summed E-state index contributed by atoms with van der Waals surface area (Å²) in [5.74, 6) is 1.10. The van der Waals surface area contributed by atoms with Crippen molar-refractivity contribution < 1.29 is 5.11 Å². The van der Waals surface area contributed by atoms with Crippen molar-refractivity contribution in [1.82, 2.24) is 0 Å². The third-order valence-electron chi connectivity index (χ3n) is 6.56. The number of phenolic OH excluding ortho intramolecular Hbond substituents is 1. The first-order chi connectivity index (χ1) is 14.1. The summed E-state index contributed by atoms with van der Waals surface area (Å²) >= 11 is 0. The molecule has 1 heteroatoms. The molecule has 0 radical (unpaired) electrons. The normalized spacial score (nSPS) is 13.4. The van der Waals surface area contributed by atoms with Gasteiger partial charge in [0.15, 0.2) is 0 Å². The van der Waals surface area contributed by atoms with Crippen LogP contribution in [-0.4, -0.2) is 5.11 Å². The van der Waals surface area contributed by atoms with Gasteiger partial charge in [-0.25, -0.2) is 0 Å². The van der Waals surface area contributed by atoms with Crippen molar-refractivity contribution in [2.24, 2.45) is 0 Å². The van der Waals surface area contributed by atoms with Crippen molar-refractivity contribution in [2.75, 3.05) is 0 Å². The molecule has 0 bridgehead atoms. The molecule has 0 saturated carbocycles. The van der Waals surface area contributed by atoms with Gasteiger partial charge >= 0.3 is 0 Å². The summed E-state index contributed by atoms with van der Waals surface area (Å²) in [5, 5.41) is 10.4. The van der Waals surface area contributed by atoms with Crippen LogP contribution in [0.4, 0.5) is 0 Å². The molecule has 0 aromatic heterocycles. The highest BCUT2D eigenvalue weighted by atomic mass is 16.3. The number of para-hydroxylation sites is 1. The lowest BCUT2D eigenvalue weighted by atomic mass is 9.79. The van der Waals surface area contributed by atoms with Gasteiger partial charge in [-0.05, 0) is 65.8 Å². The summed E-state index contributed by atoms with van der Waals surface area (Å²) in [6.07, 6.45) is 12.9. The maximum absolute atomic E-state index is 10.4. The van der Waals surface area contributed by atoms with E-state index in [4.69, 9.17) is 0 Å². The zero-order valence-electron chi connectivity index (χ0n) is 19.2. The maximum atomic E-state index is 10.4. The van der Waals surface area contributed by atoms with E-state index in [0.717, 1.165) is 5.56 Å². The number of hydrogen-bond acceptors (Lipinski definition) is 1. The van der Waals surface area contributed by atoms with Crippen LogP contribution >= 0.6 is 0 Å². The first-order valence-electron chi connectivity index (χ1n) is 12.0. The highest BCUT2D eigenvalue weighted by Crippen LogP contribution is 2.39. The Balaban J connectivity index is 2.26. The number of rotatable bonds is 13. The number of benzene rings is 2. The fraction of sp³-hybridized carbons (Fsp3) is 0.571. The highest BCUT2D eigenvalue weighted by molar-refractivity contribution is 5.42. The van der Waals surface area contributed by atoms with Crippen LogP contribution in [0.2, 0.25) is 0 Å². The number of unbranched alkanes of at least 4 members (excludes halogenated alkanes) is 6. The third kappa shape index (κ3) is 6.91. The summed E-state index contributed by atoms with van der Waals surface area (Å²) in [4.78, 5) is 0. The first-order valence-corrected chi connectivity index (χ1v) is 12.0. The van der Waals surface area contributed by atoms with E-state index in [1.165, 1.54) is 69.8 Å². The number of aryl methyl sites for hydroxylation is 1. The Kier molecular flexibility index (Phi) is 10.3. The summed E-state index contributed by atoms with van der Waals surface area (Å²) in [5.41, 5.74) is 5.71. The van der Waals surface area contributed by atoms with Gasteiger partial charge in [0.1, 0.15) is 5.75 Å². The van der Waals surface area contributed by atoms with Crippen molar-refractivity contribution >= 4 is 0 Å². The van der Waals surface area contributed by atoms with Crippen molar-refractivity contribution in [3.63, 3.8) is 0 Å². The second kappa shape index (κ2) is 12.7. The molecule has 2 aromatic rings. The summed E-state index contributed by atoms with van der Waals surface area (Å²) in [7, 11) is 0. The Labute approximate surface area is 179 Å². The molecule has 0 saturated heterocycles. The van der Waals surface area contributed by atoms with Crippen LogP contribution in [0.1, 0.15) is 113 Å². The van der Waals surface area contributed by atoms with Gasteiger partial charge in [0.05, 0.1) is 0 Å². The third-order valence-corrected chi connectivity index (χ3v) is 6.56. The predicted octanol–water partition coefficient (Wildman–Crippen LogP) is 8.55. The molecule has 2 unspecified atom stereocenters. The van der Waals surface area contributed by atoms with Gasteiger partial charge in [-0.2, -0.15) is 0 Å². The van der Waals surface area contributed by atoms with E-state index in [2.05, 4.69) is 52.0 Å². The van der Waals surface area contributed by atoms with Gasteiger partial charge < -0.3 is 5.11 Å². The van der Waals surface area contributed by atoms with E-state index < -0.39 is 0 Å². The SMILES string of the molecule is CCCCCCc1cccc(C(C)C(C)c2ccccc2O)c1CCCCCC. The minimum absolute atomic E-state index is 0.293. The second-order valence-electron chi connectivity index (χ2n) is 8.74. The molecule has 0 heterocycles. The first kappa shape index (κ1) is 23.5. The lowest BCUT2D eigenvalue weighted by molar-refractivity contribution is 0.456. The van der Waals surface area contributed by atoms with Gasteiger partial charge in [-0.1, -0.05) is 103 Å². The van der Waals surface area contributed by atoms with Crippen LogP contribution in [0.25, 0.3) is 0 Å². The molecule has 0 aliphatic rings. The number of hydrogen-bond donors (Lipinski definition) is 1. The van der Waals surface area contributed by atoms with Crippen LogP contribution in [0.15, 0.2) is 42.5 Å². The van der Waals surface area contributed by atoms with E-state index in [1.807, 2.05) is 18.2 Å². The van der Waals surface area contributed by atoms with Crippen molar-refractivity contribution in [3.05, 3.63) is 64.7 Å². The summed E-state index contributed by atoms with van der Waals surface area (Å²) < 4.78 is 0. The van der Waals surface area contributed by atoms with E-state index >= 15 is 0 Å². The van der Waals surface area contributed by atoms with Crippen LogP contribution in [0.5, 0.6) is 5.75 Å². The smallest absolute Gasteiger partial charge is 0.119 e. The Morgan fingerprint density at radius 1 is 0.655 bits per heavy atom. The monoisotopic (exact) mass is 394 g/mol. The lowest BCUT2D eigenvalue weighted by Crippen LogP contribution is -2.10. The zero-order valence-corrected chi connectivity index (χ0v) is 19.2. The van der Waals surface area contributed by atoms with Crippen molar-refractivity contribution in [2.45, 2.75) is 104 Å². The van der Waals surface area contributed by atoms with Crippen molar-refractivity contribution in [1.29, 1.82) is 0 Å². The molecule has 1 nitrogen and oxygen atoms in total. The highest BCUT2D eigenvalue weighted by Gasteiger charge is 2.22.